The van der Waals surface area contributed by atoms with Crippen molar-refractivity contribution in [2.75, 3.05) is 11.7 Å². The van der Waals surface area contributed by atoms with E-state index in [-0.39, 0.29) is 24.5 Å². The maximum absolute atomic E-state index is 14.3. The summed E-state index contributed by atoms with van der Waals surface area (Å²) in [5.74, 6) is 0.616. The summed E-state index contributed by atoms with van der Waals surface area (Å²) in [6.07, 6.45) is 5.48. The maximum Gasteiger partial charge on any atom is 0.294 e. The summed E-state index contributed by atoms with van der Waals surface area (Å²) in [7, 11) is 0. The molecule has 208 valence electrons. The van der Waals surface area contributed by atoms with Crippen LogP contribution in [0.1, 0.15) is 54.8 Å². The third-order valence-corrected chi connectivity index (χ3v) is 8.22. The first-order valence-electron chi connectivity index (χ1n) is 14.2. The number of carbonyl (C=O) groups is 2. The first-order chi connectivity index (χ1) is 20.1. The zero-order chi connectivity index (χ0) is 27.9. The second-order valence-corrected chi connectivity index (χ2v) is 10.6. The first kappa shape index (κ1) is 25.3. The number of para-hydroxylation sites is 1. The van der Waals surface area contributed by atoms with E-state index in [9.17, 15) is 9.59 Å². The molecule has 8 nitrogen and oxygen atoms in total. The van der Waals surface area contributed by atoms with Gasteiger partial charge in [-0.1, -0.05) is 37.1 Å². The molecule has 0 saturated heterocycles. The van der Waals surface area contributed by atoms with E-state index in [0.29, 0.717) is 22.7 Å². The summed E-state index contributed by atoms with van der Waals surface area (Å²) in [6.45, 7) is 3.05. The van der Waals surface area contributed by atoms with E-state index >= 15 is 0 Å². The van der Waals surface area contributed by atoms with E-state index in [0.717, 1.165) is 54.0 Å². The number of ether oxygens (including phenoxy) is 2. The van der Waals surface area contributed by atoms with Crippen LogP contribution < -0.4 is 19.7 Å². The number of amides is 2. The Labute approximate surface area is 237 Å². The molecule has 1 aliphatic carbocycles. The normalized spacial score (nSPS) is 15.4. The van der Waals surface area contributed by atoms with Crippen LogP contribution in [-0.2, 0) is 11.3 Å². The van der Waals surface area contributed by atoms with Crippen molar-refractivity contribution >= 4 is 39.3 Å². The van der Waals surface area contributed by atoms with E-state index in [1.165, 1.54) is 11.2 Å². The van der Waals surface area contributed by atoms with Gasteiger partial charge in [-0.3, -0.25) is 14.5 Å². The van der Waals surface area contributed by atoms with Crippen LogP contribution in [0.25, 0.3) is 21.8 Å². The summed E-state index contributed by atoms with van der Waals surface area (Å²) >= 11 is 0. The molecule has 3 aromatic carbocycles. The lowest BCUT2D eigenvalue weighted by Crippen LogP contribution is -2.46. The van der Waals surface area contributed by atoms with Crippen molar-refractivity contribution in [3.05, 3.63) is 90.4 Å². The van der Waals surface area contributed by atoms with Crippen molar-refractivity contribution in [1.29, 1.82) is 0 Å². The fourth-order valence-electron chi connectivity index (χ4n) is 6.29. The van der Waals surface area contributed by atoms with Crippen LogP contribution in [0.4, 0.5) is 5.69 Å². The van der Waals surface area contributed by atoms with E-state index in [2.05, 4.69) is 41.1 Å². The van der Waals surface area contributed by atoms with Gasteiger partial charge in [0.2, 0.25) is 12.7 Å². The average Bonchev–Trinajstić information content (AvgIpc) is 3.82. The number of benzene rings is 3. The minimum atomic E-state index is -0.957. The van der Waals surface area contributed by atoms with Gasteiger partial charge in [-0.05, 0) is 67.8 Å². The number of anilines is 1. The number of carbonyl (C=O) groups excluding carboxylic acids is 2. The summed E-state index contributed by atoms with van der Waals surface area (Å²) in [6, 6.07) is 22.1. The standard InChI is InChI=1S/C33H31N3O5/c1-2-35-26-11-6-5-10-24(26)25-18-21(13-15-27(25)35)31(32(37)34-22-8-3-4-9-22)36(33(38)29-12-7-17-39-29)23-14-16-28-30(19-23)41-20-40-28/h5-7,10-19,22,31H,2-4,8-9,20H2,1H3,(H,34,37)/t31-/m0/s1. The van der Waals surface area contributed by atoms with Gasteiger partial charge < -0.3 is 23.8 Å². The van der Waals surface area contributed by atoms with Crippen LogP contribution in [-0.4, -0.2) is 29.2 Å². The van der Waals surface area contributed by atoms with Gasteiger partial charge in [-0.2, -0.15) is 0 Å². The number of aromatic nitrogens is 1. The number of hydrogen-bond donors (Lipinski definition) is 1. The molecule has 1 N–H and O–H groups in total. The summed E-state index contributed by atoms with van der Waals surface area (Å²) in [5, 5.41) is 5.40. The molecule has 2 aromatic heterocycles. The second kappa shape index (κ2) is 10.4. The molecule has 0 unspecified atom stereocenters. The van der Waals surface area contributed by atoms with Gasteiger partial charge in [-0.15, -0.1) is 0 Å². The zero-order valence-corrected chi connectivity index (χ0v) is 22.8. The van der Waals surface area contributed by atoms with Crippen LogP contribution in [0.5, 0.6) is 11.5 Å². The van der Waals surface area contributed by atoms with Gasteiger partial charge in [0.15, 0.2) is 17.3 Å². The second-order valence-electron chi connectivity index (χ2n) is 10.6. The third-order valence-electron chi connectivity index (χ3n) is 8.22. The van der Waals surface area contributed by atoms with E-state index in [1.54, 1.807) is 30.3 Å². The van der Waals surface area contributed by atoms with Crippen molar-refractivity contribution in [3.8, 4) is 11.5 Å². The minimum absolute atomic E-state index is 0.0769. The number of hydrogen-bond acceptors (Lipinski definition) is 5. The number of rotatable bonds is 7. The fourth-order valence-corrected chi connectivity index (χ4v) is 6.29. The van der Waals surface area contributed by atoms with Gasteiger partial charge in [0, 0.05) is 46.1 Å². The van der Waals surface area contributed by atoms with Crippen molar-refractivity contribution in [3.63, 3.8) is 0 Å². The van der Waals surface area contributed by atoms with Crippen molar-refractivity contribution in [1.82, 2.24) is 9.88 Å². The third kappa shape index (κ3) is 4.40. The molecule has 0 bridgehead atoms. The Morgan fingerprint density at radius 3 is 2.54 bits per heavy atom. The lowest BCUT2D eigenvalue weighted by molar-refractivity contribution is -0.123. The largest absolute Gasteiger partial charge is 0.459 e. The molecule has 7 rings (SSSR count). The highest BCUT2D eigenvalue weighted by Crippen LogP contribution is 2.40. The Hall–Kier alpha value is -4.72. The molecule has 0 spiro atoms. The van der Waals surface area contributed by atoms with Crippen LogP contribution in [0.3, 0.4) is 0 Å². The number of nitrogens with one attached hydrogen (secondary N) is 1. The van der Waals surface area contributed by atoms with E-state index in [1.807, 2.05) is 18.2 Å². The highest BCUT2D eigenvalue weighted by molar-refractivity contribution is 6.11. The van der Waals surface area contributed by atoms with Crippen LogP contribution in [0, 0.1) is 0 Å². The molecule has 1 saturated carbocycles. The van der Waals surface area contributed by atoms with Gasteiger partial charge >= 0.3 is 0 Å². The number of aryl methyl sites for hydroxylation is 1. The van der Waals surface area contributed by atoms with Gasteiger partial charge in [0.1, 0.15) is 6.04 Å². The summed E-state index contributed by atoms with van der Waals surface area (Å²) in [5.41, 5.74) is 3.44. The summed E-state index contributed by atoms with van der Waals surface area (Å²) in [4.78, 5) is 30.0. The predicted molar refractivity (Wildman–Crippen MR) is 156 cm³/mol. The Morgan fingerprint density at radius 1 is 0.927 bits per heavy atom. The van der Waals surface area contributed by atoms with Crippen molar-refractivity contribution in [2.45, 2.75) is 51.2 Å². The van der Waals surface area contributed by atoms with Crippen LogP contribution in [0.15, 0.2) is 83.5 Å². The van der Waals surface area contributed by atoms with E-state index in [4.69, 9.17) is 13.9 Å². The topological polar surface area (TPSA) is 85.9 Å². The van der Waals surface area contributed by atoms with Gasteiger partial charge in [0.05, 0.1) is 6.26 Å². The molecule has 1 fully saturated rings. The molecule has 5 aromatic rings. The van der Waals surface area contributed by atoms with Crippen LogP contribution >= 0.6 is 0 Å². The molecule has 1 aliphatic heterocycles. The smallest absolute Gasteiger partial charge is 0.294 e. The predicted octanol–water partition coefficient (Wildman–Crippen LogP) is 6.58. The minimum Gasteiger partial charge on any atom is -0.459 e. The van der Waals surface area contributed by atoms with Crippen molar-refractivity contribution < 1.29 is 23.5 Å². The lowest BCUT2D eigenvalue weighted by atomic mass is 9.99. The monoisotopic (exact) mass is 549 g/mol. The highest BCUT2D eigenvalue weighted by atomic mass is 16.7. The van der Waals surface area contributed by atoms with Crippen molar-refractivity contribution in [2.24, 2.45) is 0 Å². The quantitative estimate of drug-likeness (QED) is 0.248. The van der Waals surface area contributed by atoms with Gasteiger partial charge in [-0.25, -0.2) is 0 Å². The first-order valence-corrected chi connectivity index (χ1v) is 14.2. The molecular formula is C33H31N3O5. The molecule has 2 amide bonds. The maximum atomic E-state index is 14.3. The van der Waals surface area contributed by atoms with E-state index < -0.39 is 11.9 Å². The molecule has 1 atom stereocenters. The average molecular weight is 550 g/mol. The summed E-state index contributed by atoms with van der Waals surface area (Å²) < 4.78 is 19.0. The number of nitrogens with zero attached hydrogens (tertiary/aromatic N) is 2. The molecule has 3 heterocycles. The number of fused-ring (bicyclic) bond motifs is 4. The zero-order valence-electron chi connectivity index (χ0n) is 22.8. The lowest BCUT2D eigenvalue weighted by Gasteiger charge is -2.32. The molecule has 2 aliphatic rings. The fraction of sp³-hybridized carbons (Fsp3) is 0.273. The van der Waals surface area contributed by atoms with Crippen LogP contribution in [0.2, 0.25) is 0 Å². The Kier molecular flexibility index (Phi) is 6.38. The molecule has 8 heteroatoms. The number of furan rings is 1. The Bertz CT molecular complexity index is 1750. The Balaban J connectivity index is 1.42. The molecule has 0 radical (unpaired) electrons. The molecule has 41 heavy (non-hydrogen) atoms. The highest BCUT2D eigenvalue weighted by Gasteiger charge is 2.37. The molecular weight excluding hydrogens is 518 g/mol. The SMILES string of the molecule is CCn1c2ccccc2c2cc([C@@H](C(=O)NC3CCCC3)N(C(=O)c3ccco3)c3ccc4c(c3)OCO4)ccc21. The van der Waals surface area contributed by atoms with Gasteiger partial charge in [0.25, 0.3) is 5.91 Å². The Morgan fingerprint density at radius 2 is 1.73 bits per heavy atom.